The first-order valence-electron chi connectivity index (χ1n) is 4.41. The SMILES string of the molecule is CC(=O)CC(C)=O.NC(CO)(CO)CO. The van der Waals surface area contributed by atoms with Crippen LogP contribution in [0.15, 0.2) is 0 Å². The van der Waals surface area contributed by atoms with Crippen molar-refractivity contribution < 1.29 is 24.9 Å². The molecule has 0 unspecified atom stereocenters. The van der Waals surface area contributed by atoms with Crippen molar-refractivity contribution in [2.75, 3.05) is 19.8 Å². The van der Waals surface area contributed by atoms with Gasteiger partial charge in [0.15, 0.2) is 0 Å². The van der Waals surface area contributed by atoms with E-state index < -0.39 is 25.4 Å². The summed E-state index contributed by atoms with van der Waals surface area (Å²) in [5.41, 5.74) is 3.94. The number of hydrogen-bond acceptors (Lipinski definition) is 6. The Morgan fingerprint density at radius 3 is 1.27 bits per heavy atom. The van der Waals surface area contributed by atoms with Gasteiger partial charge in [0.25, 0.3) is 0 Å². The number of aliphatic hydroxyl groups excluding tert-OH is 3. The summed E-state index contributed by atoms with van der Waals surface area (Å²) in [5, 5.41) is 25.0. The Morgan fingerprint density at radius 1 is 1.00 bits per heavy atom. The molecular formula is C9H19NO5. The van der Waals surface area contributed by atoms with Gasteiger partial charge in [0, 0.05) is 0 Å². The lowest BCUT2D eigenvalue weighted by Gasteiger charge is -2.20. The molecule has 15 heavy (non-hydrogen) atoms. The molecule has 6 nitrogen and oxygen atoms in total. The maximum Gasteiger partial charge on any atom is 0.137 e. The van der Waals surface area contributed by atoms with Crippen LogP contribution in [0.1, 0.15) is 20.3 Å². The molecule has 0 aromatic heterocycles. The van der Waals surface area contributed by atoms with Gasteiger partial charge in [0.2, 0.25) is 0 Å². The molecule has 0 fully saturated rings. The van der Waals surface area contributed by atoms with Crippen molar-refractivity contribution in [3.63, 3.8) is 0 Å². The quantitative estimate of drug-likeness (QED) is 0.407. The molecule has 0 rings (SSSR count). The molecule has 0 heterocycles. The molecule has 5 N–H and O–H groups in total. The van der Waals surface area contributed by atoms with Crippen LogP contribution >= 0.6 is 0 Å². The second kappa shape index (κ2) is 8.49. The third-order valence-corrected chi connectivity index (χ3v) is 1.44. The summed E-state index contributed by atoms with van der Waals surface area (Å²) >= 11 is 0. The van der Waals surface area contributed by atoms with Crippen molar-refractivity contribution in [2.24, 2.45) is 5.73 Å². The predicted octanol–water partition coefficient (Wildman–Crippen LogP) is -1.78. The van der Waals surface area contributed by atoms with Gasteiger partial charge in [-0.2, -0.15) is 0 Å². The van der Waals surface area contributed by atoms with Crippen LogP contribution in [0.25, 0.3) is 0 Å². The van der Waals surface area contributed by atoms with Crippen LogP contribution in [-0.2, 0) is 9.59 Å². The van der Waals surface area contributed by atoms with Crippen LogP contribution in [0.5, 0.6) is 0 Å². The van der Waals surface area contributed by atoms with Crippen molar-refractivity contribution in [3.8, 4) is 0 Å². The van der Waals surface area contributed by atoms with E-state index in [1.54, 1.807) is 0 Å². The molecular weight excluding hydrogens is 202 g/mol. The highest BCUT2D eigenvalue weighted by Crippen LogP contribution is 1.93. The minimum absolute atomic E-state index is 0.0625. The third kappa shape index (κ3) is 11.1. The Morgan fingerprint density at radius 2 is 1.27 bits per heavy atom. The summed E-state index contributed by atoms with van der Waals surface area (Å²) in [7, 11) is 0. The van der Waals surface area contributed by atoms with Crippen LogP contribution < -0.4 is 5.73 Å². The van der Waals surface area contributed by atoms with Gasteiger partial charge in [-0.1, -0.05) is 0 Å². The fourth-order valence-electron chi connectivity index (χ4n) is 0.501. The largest absolute Gasteiger partial charge is 0.394 e. The van der Waals surface area contributed by atoms with Crippen LogP contribution in [-0.4, -0.2) is 52.2 Å². The topological polar surface area (TPSA) is 121 Å². The number of ketones is 2. The number of nitrogens with two attached hydrogens (primary N) is 1. The molecule has 0 aliphatic carbocycles. The van der Waals surface area contributed by atoms with Crippen molar-refractivity contribution in [3.05, 3.63) is 0 Å². The van der Waals surface area contributed by atoms with Crippen LogP contribution in [0.4, 0.5) is 0 Å². The number of carbonyl (C=O) groups excluding carboxylic acids is 2. The van der Waals surface area contributed by atoms with Gasteiger partial charge in [-0.15, -0.1) is 0 Å². The van der Waals surface area contributed by atoms with E-state index in [0.717, 1.165) is 0 Å². The van der Waals surface area contributed by atoms with Gasteiger partial charge in [-0.05, 0) is 13.8 Å². The molecule has 0 aromatic carbocycles. The van der Waals surface area contributed by atoms with Crippen molar-refractivity contribution in [2.45, 2.75) is 25.8 Å². The normalized spacial score (nSPS) is 10.3. The van der Waals surface area contributed by atoms with Crippen LogP contribution in [0, 0.1) is 0 Å². The number of rotatable bonds is 5. The molecule has 0 radical (unpaired) electrons. The Kier molecular flexibility index (Phi) is 9.39. The van der Waals surface area contributed by atoms with E-state index >= 15 is 0 Å². The number of carbonyl (C=O) groups is 2. The number of aliphatic hydroxyl groups is 3. The summed E-state index contributed by atoms with van der Waals surface area (Å²) < 4.78 is 0. The minimum Gasteiger partial charge on any atom is -0.394 e. The highest BCUT2D eigenvalue weighted by Gasteiger charge is 2.20. The maximum atomic E-state index is 10.0. The molecule has 0 aromatic rings. The van der Waals surface area contributed by atoms with E-state index in [4.69, 9.17) is 21.1 Å². The summed E-state index contributed by atoms with van der Waals surface area (Å²) in [4.78, 5) is 20.1. The maximum absolute atomic E-state index is 10.0. The van der Waals surface area contributed by atoms with Crippen molar-refractivity contribution in [1.29, 1.82) is 0 Å². The highest BCUT2D eigenvalue weighted by molar-refractivity contribution is 5.96. The zero-order valence-electron chi connectivity index (χ0n) is 9.06. The first-order valence-corrected chi connectivity index (χ1v) is 4.41. The van der Waals surface area contributed by atoms with E-state index in [-0.39, 0.29) is 18.0 Å². The van der Waals surface area contributed by atoms with Gasteiger partial charge >= 0.3 is 0 Å². The summed E-state index contributed by atoms with van der Waals surface area (Å²) in [6.45, 7) is 1.60. The lowest BCUT2D eigenvalue weighted by atomic mass is 10.1. The Hall–Kier alpha value is -0.820. The zero-order chi connectivity index (χ0) is 12.5. The standard InChI is InChI=1S/C5H8O2.C4H11NO3/c1-4(6)3-5(2)7;5-4(1-6,2-7)3-8/h3H2,1-2H3;6-8H,1-3,5H2. The summed E-state index contributed by atoms with van der Waals surface area (Å²) in [6.07, 6.45) is 0.0833. The minimum atomic E-state index is -1.21. The Balaban J connectivity index is 0. The molecule has 6 heteroatoms. The fourth-order valence-corrected chi connectivity index (χ4v) is 0.501. The lowest BCUT2D eigenvalue weighted by molar-refractivity contribution is -0.124. The Bertz CT molecular complexity index is 180. The molecule has 0 spiro atoms. The zero-order valence-corrected chi connectivity index (χ0v) is 9.06. The van der Waals surface area contributed by atoms with Crippen LogP contribution in [0.2, 0.25) is 0 Å². The van der Waals surface area contributed by atoms with Crippen molar-refractivity contribution in [1.82, 2.24) is 0 Å². The van der Waals surface area contributed by atoms with E-state index in [1.807, 2.05) is 0 Å². The van der Waals surface area contributed by atoms with E-state index in [0.29, 0.717) is 0 Å². The monoisotopic (exact) mass is 221 g/mol. The molecule has 0 atom stereocenters. The first kappa shape index (κ1) is 16.6. The van der Waals surface area contributed by atoms with Gasteiger partial charge in [-0.3, -0.25) is 9.59 Å². The highest BCUT2D eigenvalue weighted by atomic mass is 16.3. The molecule has 0 saturated carbocycles. The smallest absolute Gasteiger partial charge is 0.137 e. The molecule has 90 valence electrons. The molecule has 0 saturated heterocycles. The fraction of sp³-hybridized carbons (Fsp3) is 0.778. The second-order valence-corrected chi connectivity index (χ2v) is 3.42. The van der Waals surface area contributed by atoms with E-state index in [2.05, 4.69) is 0 Å². The summed E-state index contributed by atoms with van der Waals surface area (Å²) in [6, 6.07) is 0. The molecule has 0 amide bonds. The van der Waals surface area contributed by atoms with E-state index in [1.165, 1.54) is 13.8 Å². The Labute approximate surface area is 88.7 Å². The second-order valence-electron chi connectivity index (χ2n) is 3.42. The number of hydrogen-bond donors (Lipinski definition) is 4. The number of Topliss-reactive ketones (excluding diaryl/α,β-unsaturated/α-hetero) is 2. The van der Waals surface area contributed by atoms with Crippen LogP contribution in [0.3, 0.4) is 0 Å². The third-order valence-electron chi connectivity index (χ3n) is 1.44. The van der Waals surface area contributed by atoms with Gasteiger partial charge in [-0.25, -0.2) is 0 Å². The van der Waals surface area contributed by atoms with Gasteiger partial charge in [0.1, 0.15) is 11.6 Å². The van der Waals surface area contributed by atoms with Gasteiger partial charge in [0.05, 0.1) is 31.8 Å². The predicted molar refractivity (Wildman–Crippen MR) is 54.2 cm³/mol. The average Bonchev–Trinajstić information content (AvgIpc) is 2.15. The average molecular weight is 221 g/mol. The molecule has 0 aliphatic rings. The molecule has 0 bridgehead atoms. The van der Waals surface area contributed by atoms with Gasteiger partial charge < -0.3 is 21.1 Å². The first-order chi connectivity index (χ1) is 6.81. The van der Waals surface area contributed by atoms with E-state index in [9.17, 15) is 9.59 Å². The lowest BCUT2D eigenvalue weighted by Crippen LogP contribution is -2.50. The van der Waals surface area contributed by atoms with Crippen molar-refractivity contribution >= 4 is 11.6 Å². The molecule has 0 aliphatic heterocycles. The summed E-state index contributed by atoms with van der Waals surface area (Å²) in [5.74, 6) is -0.125.